The first-order valence-corrected chi connectivity index (χ1v) is 11.4. The number of hydrogen-bond acceptors (Lipinski definition) is 6. The van der Waals surface area contributed by atoms with E-state index in [1.807, 2.05) is 29.2 Å². The Kier molecular flexibility index (Phi) is 7.46. The molecule has 2 aliphatic heterocycles. The summed E-state index contributed by atoms with van der Waals surface area (Å²) in [7, 11) is 0. The van der Waals surface area contributed by atoms with Gasteiger partial charge in [-0.25, -0.2) is 4.79 Å². The summed E-state index contributed by atoms with van der Waals surface area (Å²) in [5, 5.41) is 0.108. The van der Waals surface area contributed by atoms with Gasteiger partial charge in [-0.2, -0.15) is 5.43 Å². The molecular formula is C19H26N3O3S2+. The van der Waals surface area contributed by atoms with Crippen molar-refractivity contribution in [3.63, 3.8) is 0 Å². The van der Waals surface area contributed by atoms with E-state index in [9.17, 15) is 9.59 Å². The lowest BCUT2D eigenvalue weighted by atomic mass is 10.1. The molecule has 1 atom stereocenters. The highest BCUT2D eigenvalue weighted by Crippen LogP contribution is 2.37. The molecular weight excluding hydrogens is 382 g/mol. The molecule has 8 heteroatoms. The van der Waals surface area contributed by atoms with Crippen molar-refractivity contribution >= 4 is 35.4 Å². The fourth-order valence-electron chi connectivity index (χ4n) is 2.93. The number of aromatic nitrogens is 1. The number of unbranched alkanes of at least 4 members (excludes halogenated alkanes) is 3. The van der Waals surface area contributed by atoms with Crippen molar-refractivity contribution in [3.05, 3.63) is 36.3 Å². The number of ether oxygens (including phenoxy) is 1. The second-order valence-corrected chi connectivity index (χ2v) is 8.66. The standard InChI is InChI=1S/C19H26N3O3S2/c1-2-3-4-5-9-20-21-10-6-15(7-11-21)27-14-25-19(24)16-8-12-26-18-13-17(23)22(16)18/h6-8,10-11,18,20H,2-5,9,12-14H2,1H3/q+1/t18-/m0/s1. The first-order chi connectivity index (χ1) is 13.2. The lowest BCUT2D eigenvalue weighted by Gasteiger charge is -2.42. The maximum absolute atomic E-state index is 12.2. The quantitative estimate of drug-likeness (QED) is 0.160. The molecule has 3 heterocycles. The molecule has 0 aliphatic carbocycles. The van der Waals surface area contributed by atoms with E-state index < -0.39 is 5.97 Å². The van der Waals surface area contributed by atoms with Crippen LogP contribution in [0.4, 0.5) is 0 Å². The first-order valence-electron chi connectivity index (χ1n) is 9.38. The Morgan fingerprint density at radius 1 is 1.37 bits per heavy atom. The number of thioether (sulfide) groups is 2. The smallest absolute Gasteiger partial charge is 0.355 e. The lowest BCUT2D eigenvalue weighted by Crippen LogP contribution is -2.53. The number of fused-ring (bicyclic) bond motifs is 1. The molecule has 0 aromatic carbocycles. The number of pyridine rings is 1. The van der Waals surface area contributed by atoms with Gasteiger partial charge in [-0.1, -0.05) is 42.6 Å². The summed E-state index contributed by atoms with van der Waals surface area (Å²) in [6.07, 6.45) is 11.2. The molecule has 1 amide bonds. The Morgan fingerprint density at radius 2 is 2.19 bits per heavy atom. The van der Waals surface area contributed by atoms with Crippen molar-refractivity contribution in [2.75, 3.05) is 23.7 Å². The van der Waals surface area contributed by atoms with Gasteiger partial charge in [0.25, 0.3) is 0 Å². The zero-order valence-electron chi connectivity index (χ0n) is 15.6. The second kappa shape index (κ2) is 10.0. The van der Waals surface area contributed by atoms with Crippen molar-refractivity contribution in [3.8, 4) is 0 Å². The predicted molar refractivity (Wildman–Crippen MR) is 108 cm³/mol. The Balaban J connectivity index is 1.38. The van der Waals surface area contributed by atoms with Crippen LogP contribution >= 0.6 is 23.5 Å². The number of carbonyl (C=O) groups excluding carboxylic acids is 2. The van der Waals surface area contributed by atoms with E-state index in [0.717, 1.165) is 17.2 Å². The lowest BCUT2D eigenvalue weighted by molar-refractivity contribution is -0.650. The summed E-state index contributed by atoms with van der Waals surface area (Å²) in [5.41, 5.74) is 3.74. The summed E-state index contributed by atoms with van der Waals surface area (Å²) in [6.45, 7) is 3.17. The zero-order chi connectivity index (χ0) is 19.1. The molecule has 3 rings (SSSR count). The van der Waals surface area contributed by atoms with Gasteiger partial charge >= 0.3 is 5.97 Å². The maximum atomic E-state index is 12.2. The summed E-state index contributed by atoms with van der Waals surface area (Å²) in [5.74, 6) is 0.555. The second-order valence-electron chi connectivity index (χ2n) is 6.45. The molecule has 0 unspecified atom stereocenters. The Labute approximate surface area is 168 Å². The van der Waals surface area contributed by atoms with Gasteiger partial charge in [0.2, 0.25) is 18.3 Å². The topological polar surface area (TPSA) is 62.5 Å². The Bertz CT molecular complexity index is 694. The molecule has 1 N–H and O–H groups in total. The molecule has 0 saturated carbocycles. The van der Waals surface area contributed by atoms with Crippen LogP contribution < -0.4 is 10.1 Å². The van der Waals surface area contributed by atoms with Crippen LogP contribution in [0.15, 0.2) is 41.2 Å². The fraction of sp³-hybridized carbons (Fsp3) is 0.526. The molecule has 0 radical (unpaired) electrons. The normalized spacial score (nSPS) is 18.4. The zero-order valence-corrected chi connectivity index (χ0v) is 17.2. The molecule has 1 fully saturated rings. The van der Waals surface area contributed by atoms with E-state index in [1.165, 1.54) is 37.4 Å². The van der Waals surface area contributed by atoms with Gasteiger partial charge in [0, 0.05) is 22.8 Å². The third-order valence-corrected chi connectivity index (χ3v) is 6.44. The summed E-state index contributed by atoms with van der Waals surface area (Å²) < 4.78 is 7.30. The van der Waals surface area contributed by atoms with E-state index in [4.69, 9.17) is 4.74 Å². The predicted octanol–water partition coefficient (Wildman–Crippen LogP) is 2.88. The Hall–Kier alpha value is -1.67. The molecule has 27 heavy (non-hydrogen) atoms. The largest absolute Gasteiger partial charge is 0.450 e. The van der Waals surface area contributed by atoms with Crippen LogP contribution in [0.5, 0.6) is 0 Å². The van der Waals surface area contributed by atoms with E-state index in [-0.39, 0.29) is 17.2 Å². The highest BCUT2D eigenvalue weighted by molar-refractivity contribution is 8.00. The molecule has 2 aliphatic rings. The van der Waals surface area contributed by atoms with Crippen molar-refractivity contribution in [2.45, 2.75) is 49.3 Å². The number of hydrogen-bond donors (Lipinski definition) is 1. The molecule has 0 bridgehead atoms. The van der Waals surface area contributed by atoms with Crippen LogP contribution in [0.3, 0.4) is 0 Å². The summed E-state index contributed by atoms with van der Waals surface area (Å²) >= 11 is 3.13. The number of rotatable bonds is 10. The minimum atomic E-state index is -0.416. The third-order valence-electron chi connectivity index (χ3n) is 4.48. The highest BCUT2D eigenvalue weighted by Gasteiger charge is 2.43. The number of carbonyl (C=O) groups is 2. The third kappa shape index (κ3) is 5.42. The number of esters is 1. The Morgan fingerprint density at radius 3 is 2.93 bits per heavy atom. The van der Waals surface area contributed by atoms with Gasteiger partial charge < -0.3 is 4.74 Å². The molecule has 0 spiro atoms. The van der Waals surface area contributed by atoms with Crippen LogP contribution in [0.25, 0.3) is 0 Å². The van der Waals surface area contributed by atoms with Gasteiger partial charge in [-0.3, -0.25) is 9.69 Å². The minimum Gasteiger partial charge on any atom is -0.450 e. The van der Waals surface area contributed by atoms with E-state index in [2.05, 4.69) is 12.3 Å². The van der Waals surface area contributed by atoms with Crippen molar-refractivity contribution in [2.24, 2.45) is 0 Å². The van der Waals surface area contributed by atoms with Crippen LogP contribution in [0, 0.1) is 0 Å². The van der Waals surface area contributed by atoms with Gasteiger partial charge in [0.1, 0.15) is 11.6 Å². The average Bonchev–Trinajstić information content (AvgIpc) is 2.67. The van der Waals surface area contributed by atoms with E-state index in [1.54, 1.807) is 22.7 Å². The molecule has 6 nitrogen and oxygen atoms in total. The van der Waals surface area contributed by atoms with E-state index in [0.29, 0.717) is 12.1 Å². The SMILES string of the molecule is CCCCCCN[n+]1ccc(SCOC(=O)C2=CCS[C@H]3CC(=O)N23)cc1. The highest BCUT2D eigenvalue weighted by atomic mass is 32.2. The number of nitrogens with zero attached hydrogens (tertiary/aromatic N) is 2. The van der Waals surface area contributed by atoms with Gasteiger partial charge in [0.05, 0.1) is 18.3 Å². The van der Waals surface area contributed by atoms with Crippen molar-refractivity contribution in [1.82, 2.24) is 4.90 Å². The molecule has 1 saturated heterocycles. The monoisotopic (exact) mass is 408 g/mol. The molecule has 146 valence electrons. The number of β-lactam (4-membered cyclic amide) rings is 1. The average molecular weight is 409 g/mol. The van der Waals surface area contributed by atoms with Gasteiger partial charge in [0.15, 0.2) is 0 Å². The van der Waals surface area contributed by atoms with Crippen LogP contribution in [0.2, 0.25) is 0 Å². The number of nitrogens with one attached hydrogen (secondary N) is 1. The number of amides is 1. The van der Waals surface area contributed by atoms with Crippen molar-refractivity contribution < 1.29 is 19.0 Å². The molecule has 1 aromatic heterocycles. The van der Waals surface area contributed by atoms with Crippen molar-refractivity contribution in [1.29, 1.82) is 0 Å². The van der Waals surface area contributed by atoms with E-state index >= 15 is 0 Å². The minimum absolute atomic E-state index is 0.00198. The van der Waals surface area contributed by atoms with Gasteiger partial charge in [-0.05, 0) is 12.5 Å². The maximum Gasteiger partial charge on any atom is 0.355 e. The van der Waals surface area contributed by atoms with Crippen LogP contribution in [0.1, 0.15) is 39.0 Å². The first kappa shape index (κ1) is 20.1. The van der Waals surface area contributed by atoms with Gasteiger partial charge in [-0.15, -0.1) is 11.8 Å². The van der Waals surface area contributed by atoms with Crippen LogP contribution in [-0.2, 0) is 14.3 Å². The fourth-order valence-corrected chi connectivity index (χ4v) is 4.66. The summed E-state index contributed by atoms with van der Waals surface area (Å²) in [4.78, 5) is 26.5. The van der Waals surface area contributed by atoms with Crippen LogP contribution in [-0.4, -0.2) is 40.4 Å². The molecule has 1 aromatic rings. The summed E-state index contributed by atoms with van der Waals surface area (Å²) in [6, 6.07) is 3.98.